The molecule has 1 N–H and O–H groups in total. The highest BCUT2D eigenvalue weighted by Gasteiger charge is 2.24. The fourth-order valence-electron chi connectivity index (χ4n) is 2.63. The summed E-state index contributed by atoms with van der Waals surface area (Å²) in [6.07, 6.45) is -0.0586. The Morgan fingerprint density at radius 3 is 2.42 bits per heavy atom. The molecule has 2 heterocycles. The fourth-order valence-corrected chi connectivity index (χ4v) is 2.63. The minimum atomic E-state index is -0.0586. The van der Waals surface area contributed by atoms with Gasteiger partial charge >= 0.3 is 0 Å². The summed E-state index contributed by atoms with van der Waals surface area (Å²) in [5.41, 5.74) is 0.926. The van der Waals surface area contributed by atoms with Gasteiger partial charge in [0.05, 0.1) is 18.9 Å². The second kappa shape index (κ2) is 5.77. The number of phenols is 1. The quantitative estimate of drug-likeness (QED) is 0.878. The Balaban J connectivity index is 1.53. The van der Waals surface area contributed by atoms with Gasteiger partial charge in [0.15, 0.2) is 6.29 Å². The lowest BCUT2D eigenvalue weighted by Crippen LogP contribution is -2.48. The summed E-state index contributed by atoms with van der Waals surface area (Å²) in [6, 6.07) is 7.52. The lowest BCUT2D eigenvalue weighted by atomic mass is 10.2. The molecular weight excluding hydrogens is 244 g/mol. The van der Waals surface area contributed by atoms with E-state index in [2.05, 4.69) is 9.80 Å². The molecule has 0 aromatic heterocycles. The highest BCUT2D eigenvalue weighted by Crippen LogP contribution is 2.27. The molecule has 104 valence electrons. The van der Waals surface area contributed by atoms with Crippen LogP contribution in [0.1, 0.15) is 0 Å². The molecule has 19 heavy (non-hydrogen) atoms. The Hall–Kier alpha value is -1.30. The second-order valence-corrected chi connectivity index (χ2v) is 4.95. The van der Waals surface area contributed by atoms with Crippen LogP contribution in [-0.2, 0) is 9.47 Å². The molecule has 0 saturated carbocycles. The fraction of sp³-hybridized carbons (Fsp3) is 0.571. The predicted octanol–water partition coefficient (Wildman–Crippen LogP) is 0.887. The van der Waals surface area contributed by atoms with Gasteiger partial charge in [0, 0.05) is 32.7 Å². The number of piperazine rings is 1. The molecule has 3 rings (SSSR count). The van der Waals surface area contributed by atoms with Gasteiger partial charge < -0.3 is 19.5 Å². The average molecular weight is 264 g/mol. The van der Waals surface area contributed by atoms with Crippen molar-refractivity contribution < 1.29 is 14.6 Å². The number of anilines is 1. The lowest BCUT2D eigenvalue weighted by Gasteiger charge is -2.36. The van der Waals surface area contributed by atoms with Crippen LogP contribution in [-0.4, -0.2) is 62.2 Å². The number of rotatable bonds is 3. The first kappa shape index (κ1) is 12.7. The number of para-hydroxylation sites is 2. The SMILES string of the molecule is Oc1ccccc1N1CCN(CC2OCCO2)CC1. The molecule has 1 aromatic rings. The van der Waals surface area contributed by atoms with E-state index in [0.29, 0.717) is 19.0 Å². The zero-order valence-corrected chi connectivity index (χ0v) is 11.0. The van der Waals surface area contributed by atoms with E-state index in [1.54, 1.807) is 6.07 Å². The number of nitrogens with zero attached hydrogens (tertiary/aromatic N) is 2. The Bertz CT molecular complexity index is 413. The Morgan fingerprint density at radius 2 is 1.74 bits per heavy atom. The molecule has 2 aliphatic heterocycles. The summed E-state index contributed by atoms with van der Waals surface area (Å²) < 4.78 is 10.9. The van der Waals surface area contributed by atoms with Crippen LogP contribution in [0, 0.1) is 0 Å². The second-order valence-electron chi connectivity index (χ2n) is 4.95. The molecule has 0 atom stereocenters. The number of aromatic hydroxyl groups is 1. The molecule has 2 saturated heterocycles. The molecule has 0 bridgehead atoms. The number of phenolic OH excluding ortho intramolecular Hbond substituents is 1. The van der Waals surface area contributed by atoms with Crippen molar-refractivity contribution in [3.8, 4) is 5.75 Å². The Labute approximate surface area is 113 Å². The first-order chi connectivity index (χ1) is 9.33. The molecule has 0 unspecified atom stereocenters. The number of ether oxygens (including phenoxy) is 2. The summed E-state index contributed by atoms with van der Waals surface area (Å²) in [7, 11) is 0. The summed E-state index contributed by atoms with van der Waals surface area (Å²) in [4.78, 5) is 4.58. The van der Waals surface area contributed by atoms with E-state index in [9.17, 15) is 5.11 Å². The maximum Gasteiger partial charge on any atom is 0.170 e. The normalized spacial score (nSPS) is 22.0. The van der Waals surface area contributed by atoms with E-state index in [1.807, 2.05) is 18.2 Å². The van der Waals surface area contributed by atoms with Gasteiger partial charge in [-0.3, -0.25) is 4.90 Å². The molecule has 2 aliphatic rings. The Kier molecular flexibility index (Phi) is 3.87. The van der Waals surface area contributed by atoms with Crippen LogP contribution in [0.25, 0.3) is 0 Å². The van der Waals surface area contributed by atoms with Gasteiger partial charge in [-0.2, -0.15) is 0 Å². The predicted molar refractivity (Wildman–Crippen MR) is 72.5 cm³/mol. The van der Waals surface area contributed by atoms with Crippen LogP contribution in [0.15, 0.2) is 24.3 Å². The third-order valence-corrected chi connectivity index (χ3v) is 3.69. The van der Waals surface area contributed by atoms with E-state index in [4.69, 9.17) is 9.47 Å². The maximum absolute atomic E-state index is 9.86. The van der Waals surface area contributed by atoms with Crippen LogP contribution in [0.5, 0.6) is 5.75 Å². The zero-order chi connectivity index (χ0) is 13.1. The number of hydrogen-bond donors (Lipinski definition) is 1. The molecule has 0 amide bonds. The molecule has 1 aromatic carbocycles. The molecule has 0 aliphatic carbocycles. The topological polar surface area (TPSA) is 45.2 Å². The van der Waals surface area contributed by atoms with Crippen molar-refractivity contribution >= 4 is 5.69 Å². The standard InChI is InChI=1S/C14H20N2O3/c17-13-4-2-1-3-12(13)16-7-5-15(6-8-16)11-14-18-9-10-19-14/h1-4,14,17H,5-11H2. The summed E-state index contributed by atoms with van der Waals surface area (Å²) in [5.74, 6) is 0.360. The number of hydrogen-bond acceptors (Lipinski definition) is 5. The van der Waals surface area contributed by atoms with Crippen LogP contribution in [0.3, 0.4) is 0 Å². The molecule has 5 nitrogen and oxygen atoms in total. The first-order valence-electron chi connectivity index (χ1n) is 6.81. The van der Waals surface area contributed by atoms with Crippen molar-refractivity contribution in [2.24, 2.45) is 0 Å². The molecule has 2 fully saturated rings. The van der Waals surface area contributed by atoms with Gasteiger partial charge in [-0.1, -0.05) is 12.1 Å². The summed E-state index contributed by atoms with van der Waals surface area (Å²) in [6.45, 7) is 6.04. The lowest BCUT2D eigenvalue weighted by molar-refractivity contribution is -0.0624. The van der Waals surface area contributed by atoms with Gasteiger partial charge in [0.1, 0.15) is 5.75 Å². The first-order valence-corrected chi connectivity index (χ1v) is 6.81. The van der Waals surface area contributed by atoms with Crippen molar-refractivity contribution in [3.05, 3.63) is 24.3 Å². The van der Waals surface area contributed by atoms with Crippen molar-refractivity contribution in [1.82, 2.24) is 4.90 Å². The van der Waals surface area contributed by atoms with Gasteiger partial charge in [-0.05, 0) is 12.1 Å². The summed E-state index contributed by atoms with van der Waals surface area (Å²) >= 11 is 0. The van der Waals surface area contributed by atoms with Crippen molar-refractivity contribution in [3.63, 3.8) is 0 Å². The average Bonchev–Trinajstić information content (AvgIpc) is 2.93. The van der Waals surface area contributed by atoms with Crippen LogP contribution in [0.4, 0.5) is 5.69 Å². The minimum Gasteiger partial charge on any atom is -0.506 e. The Morgan fingerprint density at radius 1 is 1.05 bits per heavy atom. The highest BCUT2D eigenvalue weighted by atomic mass is 16.7. The highest BCUT2D eigenvalue weighted by molar-refractivity contribution is 5.57. The summed E-state index contributed by atoms with van der Waals surface area (Å²) in [5, 5.41) is 9.86. The van der Waals surface area contributed by atoms with E-state index >= 15 is 0 Å². The van der Waals surface area contributed by atoms with Crippen LogP contribution >= 0.6 is 0 Å². The molecule has 0 radical (unpaired) electrons. The van der Waals surface area contributed by atoms with Crippen LogP contribution < -0.4 is 4.90 Å². The van der Waals surface area contributed by atoms with E-state index < -0.39 is 0 Å². The molecule has 5 heteroatoms. The monoisotopic (exact) mass is 264 g/mol. The van der Waals surface area contributed by atoms with Gasteiger partial charge in [0.25, 0.3) is 0 Å². The van der Waals surface area contributed by atoms with E-state index in [1.165, 1.54) is 0 Å². The largest absolute Gasteiger partial charge is 0.506 e. The van der Waals surface area contributed by atoms with Crippen LogP contribution in [0.2, 0.25) is 0 Å². The van der Waals surface area contributed by atoms with Gasteiger partial charge in [-0.15, -0.1) is 0 Å². The van der Waals surface area contributed by atoms with Gasteiger partial charge in [0.2, 0.25) is 0 Å². The van der Waals surface area contributed by atoms with E-state index in [-0.39, 0.29) is 6.29 Å². The van der Waals surface area contributed by atoms with Crippen molar-refractivity contribution in [1.29, 1.82) is 0 Å². The smallest absolute Gasteiger partial charge is 0.170 e. The maximum atomic E-state index is 9.86. The van der Waals surface area contributed by atoms with Gasteiger partial charge in [-0.25, -0.2) is 0 Å². The zero-order valence-electron chi connectivity index (χ0n) is 11.0. The third kappa shape index (κ3) is 3.00. The molecule has 0 spiro atoms. The number of benzene rings is 1. The molecular formula is C14H20N2O3. The van der Waals surface area contributed by atoms with E-state index in [0.717, 1.165) is 38.4 Å². The third-order valence-electron chi connectivity index (χ3n) is 3.69. The minimum absolute atomic E-state index is 0.0586. The van der Waals surface area contributed by atoms with Crippen molar-refractivity contribution in [2.75, 3.05) is 50.8 Å². The van der Waals surface area contributed by atoms with Crippen molar-refractivity contribution in [2.45, 2.75) is 6.29 Å².